The molecule has 5 nitrogen and oxygen atoms in total. The summed E-state index contributed by atoms with van der Waals surface area (Å²) >= 11 is 0. The van der Waals surface area contributed by atoms with Crippen molar-refractivity contribution in [1.82, 2.24) is 4.98 Å². The van der Waals surface area contributed by atoms with Gasteiger partial charge in [-0.05, 0) is 24.3 Å². The number of methoxy groups -OCH3 is 2. The Hall–Kier alpha value is -2.56. The molecule has 0 amide bonds. The molecule has 2 rings (SSSR count). The molecule has 0 aliphatic rings. The van der Waals surface area contributed by atoms with E-state index in [1.807, 2.05) is 6.07 Å². The number of hydrogen-bond acceptors (Lipinski definition) is 5. The monoisotopic (exact) mass is 273 g/mol. The van der Waals surface area contributed by atoms with Gasteiger partial charge in [-0.2, -0.15) is 0 Å². The molecule has 1 aromatic carbocycles. The maximum Gasteiger partial charge on any atom is 0.342 e. The molecule has 0 aliphatic heterocycles. The average Bonchev–Trinajstić information content (AvgIpc) is 2.52. The Balaban J connectivity index is 2.09. The fourth-order valence-corrected chi connectivity index (χ4v) is 1.67. The van der Waals surface area contributed by atoms with Crippen LogP contribution in [-0.2, 0) is 11.3 Å². The molecule has 104 valence electrons. The zero-order valence-corrected chi connectivity index (χ0v) is 11.3. The third-order valence-electron chi connectivity index (χ3n) is 2.71. The first-order valence-corrected chi connectivity index (χ1v) is 6.03. The van der Waals surface area contributed by atoms with Crippen molar-refractivity contribution >= 4 is 5.97 Å². The van der Waals surface area contributed by atoms with E-state index in [1.165, 1.54) is 7.11 Å². The van der Waals surface area contributed by atoms with E-state index in [9.17, 15) is 4.79 Å². The minimum Gasteiger partial charge on any atom is -0.497 e. The lowest BCUT2D eigenvalue weighted by atomic mass is 10.2. The molecule has 0 saturated heterocycles. The van der Waals surface area contributed by atoms with Crippen LogP contribution in [0.1, 0.15) is 16.1 Å². The normalized spacial score (nSPS) is 9.90. The minimum atomic E-state index is -0.463. The first-order chi connectivity index (χ1) is 9.74. The van der Waals surface area contributed by atoms with Crippen LogP contribution in [0.25, 0.3) is 0 Å². The molecule has 0 spiro atoms. The van der Waals surface area contributed by atoms with E-state index in [0.29, 0.717) is 22.8 Å². The van der Waals surface area contributed by atoms with Crippen LogP contribution in [0.5, 0.6) is 11.5 Å². The molecule has 5 heteroatoms. The Morgan fingerprint density at radius 3 is 2.65 bits per heavy atom. The van der Waals surface area contributed by atoms with Gasteiger partial charge in [-0.15, -0.1) is 0 Å². The maximum atomic E-state index is 12.0. The molecule has 1 heterocycles. The zero-order valence-electron chi connectivity index (χ0n) is 11.3. The lowest BCUT2D eigenvalue weighted by Gasteiger charge is -2.10. The van der Waals surface area contributed by atoms with E-state index >= 15 is 0 Å². The van der Waals surface area contributed by atoms with Gasteiger partial charge in [-0.25, -0.2) is 4.79 Å². The first-order valence-electron chi connectivity index (χ1n) is 6.03. The quantitative estimate of drug-likeness (QED) is 0.783. The van der Waals surface area contributed by atoms with Crippen LogP contribution in [0.3, 0.4) is 0 Å². The Kier molecular flexibility index (Phi) is 4.55. The molecule has 0 radical (unpaired) electrons. The Morgan fingerprint density at radius 1 is 1.15 bits per heavy atom. The number of aromatic nitrogens is 1. The molecule has 0 N–H and O–H groups in total. The molecule has 0 unspecified atom stereocenters. The van der Waals surface area contributed by atoms with Crippen molar-refractivity contribution in [2.75, 3.05) is 14.2 Å². The van der Waals surface area contributed by atoms with Crippen molar-refractivity contribution in [2.45, 2.75) is 6.61 Å². The van der Waals surface area contributed by atoms with Crippen LogP contribution in [0.2, 0.25) is 0 Å². The predicted octanol–water partition coefficient (Wildman–Crippen LogP) is 2.46. The minimum absolute atomic E-state index is 0.120. The highest BCUT2D eigenvalue weighted by Crippen LogP contribution is 2.25. The average molecular weight is 273 g/mol. The lowest BCUT2D eigenvalue weighted by Crippen LogP contribution is -2.08. The summed E-state index contributed by atoms with van der Waals surface area (Å²) in [5, 5.41) is 0. The number of hydrogen-bond donors (Lipinski definition) is 0. The highest BCUT2D eigenvalue weighted by atomic mass is 16.5. The first kappa shape index (κ1) is 13.9. The van der Waals surface area contributed by atoms with Crippen LogP contribution in [-0.4, -0.2) is 25.2 Å². The predicted molar refractivity (Wildman–Crippen MR) is 72.9 cm³/mol. The number of esters is 1. The highest BCUT2D eigenvalue weighted by molar-refractivity contribution is 5.92. The Bertz CT molecular complexity index is 584. The molecule has 0 saturated carbocycles. The maximum absolute atomic E-state index is 12.0. The van der Waals surface area contributed by atoms with Crippen LogP contribution >= 0.6 is 0 Å². The van der Waals surface area contributed by atoms with Gasteiger partial charge >= 0.3 is 5.97 Å². The number of carbonyl (C=O) groups excluding carboxylic acids is 1. The van der Waals surface area contributed by atoms with Crippen LogP contribution < -0.4 is 9.47 Å². The molecule has 2 aromatic rings. The molecular formula is C15H15NO4. The molecule has 20 heavy (non-hydrogen) atoms. The zero-order chi connectivity index (χ0) is 14.4. The third-order valence-corrected chi connectivity index (χ3v) is 2.71. The van der Waals surface area contributed by atoms with Crippen molar-refractivity contribution in [3.63, 3.8) is 0 Å². The van der Waals surface area contributed by atoms with E-state index < -0.39 is 5.97 Å². The van der Waals surface area contributed by atoms with Gasteiger partial charge in [0.1, 0.15) is 23.7 Å². The summed E-state index contributed by atoms with van der Waals surface area (Å²) in [6.07, 6.45) is 1.65. The number of rotatable bonds is 5. The van der Waals surface area contributed by atoms with E-state index in [1.54, 1.807) is 43.6 Å². The molecule has 0 aliphatic carbocycles. The van der Waals surface area contributed by atoms with E-state index in [0.717, 1.165) is 0 Å². The largest absolute Gasteiger partial charge is 0.497 e. The summed E-state index contributed by atoms with van der Waals surface area (Å²) in [5.41, 5.74) is 1.04. The standard InChI is InChI=1S/C15H15NO4/c1-18-12-6-7-13(14(9-12)19-2)15(17)20-10-11-5-3-4-8-16-11/h3-9H,10H2,1-2H3. The molecule has 0 bridgehead atoms. The molecule has 0 fully saturated rings. The van der Waals surface area contributed by atoms with E-state index in [-0.39, 0.29) is 6.61 Å². The van der Waals surface area contributed by atoms with Crippen molar-refractivity contribution in [2.24, 2.45) is 0 Å². The fraction of sp³-hybridized carbons (Fsp3) is 0.200. The number of ether oxygens (including phenoxy) is 3. The third kappa shape index (κ3) is 3.26. The summed E-state index contributed by atoms with van der Waals surface area (Å²) in [7, 11) is 3.04. The number of benzene rings is 1. The molecular weight excluding hydrogens is 258 g/mol. The van der Waals surface area contributed by atoms with Crippen molar-refractivity contribution in [3.05, 3.63) is 53.9 Å². The van der Waals surface area contributed by atoms with Gasteiger partial charge in [0.25, 0.3) is 0 Å². The summed E-state index contributed by atoms with van der Waals surface area (Å²) in [5.74, 6) is 0.564. The summed E-state index contributed by atoms with van der Waals surface area (Å²) < 4.78 is 15.5. The van der Waals surface area contributed by atoms with Gasteiger partial charge in [-0.1, -0.05) is 6.07 Å². The second-order valence-corrected chi connectivity index (χ2v) is 3.96. The molecule has 0 atom stereocenters. The van der Waals surface area contributed by atoms with Crippen LogP contribution in [0.15, 0.2) is 42.6 Å². The second-order valence-electron chi connectivity index (χ2n) is 3.96. The van der Waals surface area contributed by atoms with Gasteiger partial charge in [0.05, 0.1) is 19.9 Å². The smallest absolute Gasteiger partial charge is 0.342 e. The van der Waals surface area contributed by atoms with Gasteiger partial charge in [0.15, 0.2) is 0 Å². The van der Waals surface area contributed by atoms with Gasteiger partial charge in [0, 0.05) is 12.3 Å². The highest BCUT2D eigenvalue weighted by Gasteiger charge is 2.15. The summed E-state index contributed by atoms with van der Waals surface area (Å²) in [4.78, 5) is 16.1. The summed E-state index contributed by atoms with van der Waals surface area (Å²) in [6, 6.07) is 10.4. The molecule has 1 aromatic heterocycles. The van der Waals surface area contributed by atoms with E-state index in [2.05, 4.69) is 4.98 Å². The summed E-state index contributed by atoms with van der Waals surface area (Å²) in [6.45, 7) is 0.120. The number of nitrogens with zero attached hydrogens (tertiary/aromatic N) is 1. The number of carbonyl (C=O) groups is 1. The Labute approximate surface area is 117 Å². The van der Waals surface area contributed by atoms with Crippen molar-refractivity contribution in [1.29, 1.82) is 0 Å². The Morgan fingerprint density at radius 2 is 2.00 bits per heavy atom. The van der Waals surface area contributed by atoms with Gasteiger partial charge < -0.3 is 14.2 Å². The van der Waals surface area contributed by atoms with Crippen LogP contribution in [0, 0.1) is 0 Å². The fourth-order valence-electron chi connectivity index (χ4n) is 1.67. The van der Waals surface area contributed by atoms with Crippen LogP contribution in [0.4, 0.5) is 0 Å². The lowest BCUT2D eigenvalue weighted by molar-refractivity contribution is 0.0464. The topological polar surface area (TPSA) is 57.7 Å². The SMILES string of the molecule is COc1ccc(C(=O)OCc2ccccn2)c(OC)c1. The number of pyridine rings is 1. The van der Waals surface area contributed by atoms with Crippen molar-refractivity contribution in [3.8, 4) is 11.5 Å². The van der Waals surface area contributed by atoms with Gasteiger partial charge in [0.2, 0.25) is 0 Å². The van der Waals surface area contributed by atoms with Gasteiger partial charge in [-0.3, -0.25) is 4.98 Å². The second kappa shape index (κ2) is 6.56. The van der Waals surface area contributed by atoms with Crippen molar-refractivity contribution < 1.29 is 19.0 Å². The van der Waals surface area contributed by atoms with E-state index in [4.69, 9.17) is 14.2 Å².